The maximum atomic E-state index is 13.9. The molecular weight excluding hydrogens is 488 g/mol. The zero-order valence-corrected chi connectivity index (χ0v) is 22.5. The number of benzene rings is 1. The lowest BCUT2D eigenvalue weighted by atomic mass is 9.77. The lowest BCUT2D eigenvalue weighted by Gasteiger charge is -2.38. The fourth-order valence-corrected chi connectivity index (χ4v) is 7.37. The van der Waals surface area contributed by atoms with Crippen molar-refractivity contribution in [2.45, 2.75) is 70.1 Å². The van der Waals surface area contributed by atoms with Crippen molar-refractivity contribution in [3.05, 3.63) is 45.0 Å². The number of nitrogens with zero attached hydrogens (tertiary/aromatic N) is 2. The van der Waals surface area contributed by atoms with Crippen LogP contribution in [-0.2, 0) is 22.4 Å². The highest BCUT2D eigenvalue weighted by atomic mass is 32.1. The molecule has 0 saturated heterocycles. The van der Waals surface area contributed by atoms with Gasteiger partial charge in [0.25, 0.3) is 0 Å². The van der Waals surface area contributed by atoms with Crippen molar-refractivity contribution in [2.24, 2.45) is 0 Å². The molecule has 0 N–H and O–H groups in total. The fourth-order valence-electron chi connectivity index (χ4n) is 5.99. The number of ketones is 1. The Morgan fingerprint density at radius 3 is 2.27 bits per heavy atom. The lowest BCUT2D eigenvalue weighted by Crippen LogP contribution is -2.40. The van der Waals surface area contributed by atoms with Crippen LogP contribution in [0.15, 0.2) is 23.4 Å². The molecule has 0 bridgehead atoms. The number of ether oxygens (including phenoxy) is 3. The minimum Gasteiger partial charge on any atom is -0.493 e. The Bertz CT molecular complexity index is 1290. The first-order valence-electron chi connectivity index (χ1n) is 13.0. The molecule has 5 rings (SSSR count). The second-order valence-corrected chi connectivity index (χ2v) is 10.9. The second-order valence-electron chi connectivity index (χ2n) is 9.79. The SMILES string of the molecule is COc1cc([C@@H]2CC(=O)N(c3sc4c(c3C#N)CCCCCC4)C3=C2C(=O)CCC3)cc(OC)c1OC. The summed E-state index contributed by atoms with van der Waals surface area (Å²) in [5.74, 6) is 1.01. The number of thiophene rings is 1. The molecule has 37 heavy (non-hydrogen) atoms. The molecule has 0 fully saturated rings. The van der Waals surface area contributed by atoms with Crippen LogP contribution in [0.3, 0.4) is 0 Å². The second kappa shape index (κ2) is 10.6. The van der Waals surface area contributed by atoms with Crippen molar-refractivity contribution >= 4 is 28.0 Å². The van der Waals surface area contributed by atoms with Crippen LogP contribution in [-0.4, -0.2) is 33.0 Å². The quantitative estimate of drug-likeness (QED) is 0.493. The van der Waals surface area contributed by atoms with E-state index in [0.29, 0.717) is 52.6 Å². The van der Waals surface area contributed by atoms with Gasteiger partial charge < -0.3 is 14.2 Å². The molecule has 194 valence electrons. The van der Waals surface area contributed by atoms with E-state index in [1.165, 1.54) is 17.7 Å². The van der Waals surface area contributed by atoms with E-state index in [1.54, 1.807) is 37.6 Å². The molecule has 8 heteroatoms. The maximum absolute atomic E-state index is 13.9. The van der Waals surface area contributed by atoms with Gasteiger partial charge in [0.2, 0.25) is 11.7 Å². The number of carbonyl (C=O) groups is 2. The van der Waals surface area contributed by atoms with Gasteiger partial charge in [0.05, 0.1) is 26.9 Å². The first kappa shape index (κ1) is 25.3. The molecule has 2 aromatic rings. The van der Waals surface area contributed by atoms with Crippen LogP contribution in [0.4, 0.5) is 5.00 Å². The normalized spacial score (nSPS) is 19.9. The third kappa shape index (κ3) is 4.40. The number of hydrogen-bond donors (Lipinski definition) is 0. The Morgan fingerprint density at radius 2 is 1.62 bits per heavy atom. The van der Waals surface area contributed by atoms with E-state index in [9.17, 15) is 14.9 Å². The van der Waals surface area contributed by atoms with Gasteiger partial charge in [0, 0.05) is 34.9 Å². The maximum Gasteiger partial charge on any atom is 0.232 e. The highest BCUT2D eigenvalue weighted by molar-refractivity contribution is 7.16. The number of anilines is 1. The number of rotatable bonds is 5. The molecule has 7 nitrogen and oxygen atoms in total. The van der Waals surface area contributed by atoms with Crippen molar-refractivity contribution < 1.29 is 23.8 Å². The Morgan fingerprint density at radius 1 is 0.919 bits per heavy atom. The van der Waals surface area contributed by atoms with Crippen molar-refractivity contribution in [3.8, 4) is 23.3 Å². The summed E-state index contributed by atoms with van der Waals surface area (Å²) in [5.41, 5.74) is 3.92. The minimum atomic E-state index is -0.410. The highest BCUT2D eigenvalue weighted by Gasteiger charge is 2.42. The molecule has 0 saturated carbocycles. The van der Waals surface area contributed by atoms with Gasteiger partial charge in [0.15, 0.2) is 17.3 Å². The van der Waals surface area contributed by atoms with Crippen LogP contribution in [0.2, 0.25) is 0 Å². The number of hydrogen-bond acceptors (Lipinski definition) is 7. The van der Waals surface area contributed by atoms with Crippen molar-refractivity contribution in [1.82, 2.24) is 0 Å². The molecule has 1 atom stereocenters. The van der Waals surface area contributed by atoms with Gasteiger partial charge in [-0.15, -0.1) is 11.3 Å². The number of aryl methyl sites for hydroxylation is 1. The minimum absolute atomic E-state index is 0.0610. The molecule has 3 aliphatic rings. The van der Waals surface area contributed by atoms with Gasteiger partial charge in [0.1, 0.15) is 11.1 Å². The van der Waals surface area contributed by atoms with Crippen LogP contribution in [0.1, 0.15) is 78.9 Å². The Kier molecular flexibility index (Phi) is 7.25. The summed E-state index contributed by atoms with van der Waals surface area (Å²) in [7, 11) is 4.65. The predicted molar refractivity (Wildman–Crippen MR) is 142 cm³/mol. The summed E-state index contributed by atoms with van der Waals surface area (Å²) in [4.78, 5) is 30.2. The number of amides is 1. The lowest BCUT2D eigenvalue weighted by molar-refractivity contribution is -0.119. The van der Waals surface area contributed by atoms with Crippen LogP contribution in [0.5, 0.6) is 17.2 Å². The third-order valence-electron chi connectivity index (χ3n) is 7.73. The van der Waals surface area contributed by atoms with E-state index in [0.717, 1.165) is 42.5 Å². The third-order valence-corrected chi connectivity index (χ3v) is 9.01. The number of methoxy groups -OCH3 is 3. The fraction of sp³-hybridized carbons (Fsp3) is 0.483. The van der Waals surface area contributed by atoms with E-state index in [4.69, 9.17) is 14.2 Å². The van der Waals surface area contributed by atoms with Gasteiger partial charge in [-0.1, -0.05) is 12.8 Å². The summed E-state index contributed by atoms with van der Waals surface area (Å²) >= 11 is 1.57. The Balaban J connectivity index is 1.66. The number of Topliss-reactive ketones (excluding diaryl/α,β-unsaturated/α-hetero) is 1. The van der Waals surface area contributed by atoms with Gasteiger partial charge in [-0.3, -0.25) is 14.5 Å². The molecule has 1 aromatic heterocycles. The molecule has 2 heterocycles. The Hall–Kier alpha value is -3.31. The monoisotopic (exact) mass is 520 g/mol. The van der Waals surface area contributed by atoms with Crippen molar-refractivity contribution in [1.29, 1.82) is 5.26 Å². The van der Waals surface area contributed by atoms with E-state index in [2.05, 4.69) is 6.07 Å². The average Bonchev–Trinajstić information content (AvgIpc) is 3.22. The van der Waals surface area contributed by atoms with Crippen LogP contribution < -0.4 is 19.1 Å². The zero-order chi connectivity index (χ0) is 26.1. The van der Waals surface area contributed by atoms with E-state index in [-0.39, 0.29) is 18.1 Å². The standard InChI is InChI=1S/C29H32N2O5S/c1-34-23-13-17(14-24(35-2)28(23)36-3)19-15-26(33)31(21-10-8-11-22(32)27(19)21)29-20(16-30)18-9-6-4-5-7-12-25(18)37-29/h13-14,19H,4-12,15H2,1-3H3/t19-/m0/s1. The van der Waals surface area contributed by atoms with Gasteiger partial charge in [-0.25, -0.2) is 0 Å². The van der Waals surface area contributed by atoms with Crippen molar-refractivity contribution in [3.63, 3.8) is 0 Å². The molecular formula is C29H32N2O5S. The van der Waals surface area contributed by atoms with Crippen LogP contribution in [0, 0.1) is 11.3 Å². The van der Waals surface area contributed by atoms with E-state index < -0.39 is 5.92 Å². The van der Waals surface area contributed by atoms with Gasteiger partial charge >= 0.3 is 0 Å². The molecule has 0 spiro atoms. The number of allylic oxidation sites excluding steroid dienone is 2. The summed E-state index contributed by atoms with van der Waals surface area (Å²) in [6.07, 6.45) is 8.23. The first-order valence-corrected chi connectivity index (χ1v) is 13.8. The largest absolute Gasteiger partial charge is 0.493 e. The molecule has 0 unspecified atom stereocenters. The van der Waals surface area contributed by atoms with Crippen LogP contribution in [0.25, 0.3) is 0 Å². The zero-order valence-electron chi connectivity index (χ0n) is 21.6. The van der Waals surface area contributed by atoms with Gasteiger partial charge in [-0.2, -0.15) is 5.26 Å². The van der Waals surface area contributed by atoms with E-state index in [1.807, 2.05) is 12.1 Å². The summed E-state index contributed by atoms with van der Waals surface area (Å²) < 4.78 is 16.6. The molecule has 0 radical (unpaired) electrons. The number of nitriles is 1. The first-order chi connectivity index (χ1) is 18.0. The van der Waals surface area contributed by atoms with Crippen molar-refractivity contribution in [2.75, 3.05) is 26.2 Å². The van der Waals surface area contributed by atoms with Gasteiger partial charge in [-0.05, 0) is 61.8 Å². The predicted octanol–water partition coefficient (Wildman–Crippen LogP) is 5.83. The van der Waals surface area contributed by atoms with E-state index >= 15 is 0 Å². The summed E-state index contributed by atoms with van der Waals surface area (Å²) in [6, 6.07) is 6.09. The average molecular weight is 521 g/mol. The number of carbonyl (C=O) groups excluding carboxylic acids is 2. The highest BCUT2D eigenvalue weighted by Crippen LogP contribution is 2.49. The summed E-state index contributed by atoms with van der Waals surface area (Å²) in [6.45, 7) is 0. The molecule has 1 aromatic carbocycles. The smallest absolute Gasteiger partial charge is 0.232 e. The molecule has 2 aliphatic carbocycles. The van der Waals surface area contributed by atoms with Crippen LogP contribution >= 0.6 is 11.3 Å². The molecule has 1 aliphatic heterocycles. The Labute approximate surface area is 221 Å². The topological polar surface area (TPSA) is 88.9 Å². The summed E-state index contributed by atoms with van der Waals surface area (Å²) in [5, 5.41) is 10.9. The number of fused-ring (bicyclic) bond motifs is 1. The molecule has 1 amide bonds.